The summed E-state index contributed by atoms with van der Waals surface area (Å²) in [7, 11) is 4.68. The van der Waals surface area contributed by atoms with E-state index in [9.17, 15) is 14.4 Å². The Morgan fingerprint density at radius 1 is 1.02 bits per heavy atom. The fourth-order valence-electron chi connectivity index (χ4n) is 5.49. The number of carbonyl (C=O) groups excluding carboxylic acids is 2. The van der Waals surface area contributed by atoms with Crippen molar-refractivity contribution in [1.82, 2.24) is 10.2 Å². The summed E-state index contributed by atoms with van der Waals surface area (Å²) >= 11 is 0. The highest BCUT2D eigenvalue weighted by atomic mass is 16.5. The van der Waals surface area contributed by atoms with E-state index in [0.29, 0.717) is 67.6 Å². The van der Waals surface area contributed by atoms with E-state index in [4.69, 9.17) is 18.9 Å². The van der Waals surface area contributed by atoms with Gasteiger partial charge in [0.15, 0.2) is 11.5 Å². The molecule has 0 unspecified atom stereocenters. The van der Waals surface area contributed by atoms with Gasteiger partial charge in [-0.05, 0) is 53.6 Å². The molecule has 1 heterocycles. The number of fused-ring (bicyclic) bond motifs is 3. The van der Waals surface area contributed by atoms with Crippen LogP contribution in [0.4, 0.5) is 5.69 Å². The Morgan fingerprint density at radius 2 is 1.73 bits per heavy atom. The van der Waals surface area contributed by atoms with Gasteiger partial charge in [-0.1, -0.05) is 19.9 Å². The minimum absolute atomic E-state index is 0.0641. The number of methoxy groups -OCH3 is 3. The second-order valence-electron chi connectivity index (χ2n) is 10.4. The number of amides is 2. The lowest BCUT2D eigenvalue weighted by Gasteiger charge is -2.32. The third-order valence-corrected chi connectivity index (χ3v) is 7.48. The summed E-state index contributed by atoms with van der Waals surface area (Å²) in [4.78, 5) is 41.1. The molecule has 0 aromatic heterocycles. The molecule has 2 aliphatic rings. The Hall–Kier alpha value is -3.79. The molecule has 0 saturated carbocycles. The van der Waals surface area contributed by atoms with E-state index in [1.165, 1.54) is 6.92 Å². The van der Waals surface area contributed by atoms with Crippen molar-refractivity contribution in [3.8, 4) is 28.4 Å². The number of carbonyl (C=O) groups is 2. The van der Waals surface area contributed by atoms with Crippen molar-refractivity contribution < 1.29 is 28.5 Å². The number of anilines is 1. The van der Waals surface area contributed by atoms with Gasteiger partial charge in [0.25, 0.3) is 0 Å². The van der Waals surface area contributed by atoms with Crippen LogP contribution in [0.2, 0.25) is 0 Å². The number of morpholine rings is 1. The molecule has 1 aliphatic carbocycles. The SMILES string of the molecule is COc1cc2c(c(OC)c1OC)-c1ccc(N[C@@H](C(=O)N3CCOCC3)C(C)C)c(=O)cc1[C@@H](NC(C)=O)CC2. The average Bonchev–Trinajstić information content (AvgIpc) is 3.18. The maximum absolute atomic E-state index is 13.7. The van der Waals surface area contributed by atoms with Crippen LogP contribution in [0, 0.1) is 5.92 Å². The lowest BCUT2D eigenvalue weighted by atomic mass is 9.95. The van der Waals surface area contributed by atoms with Crippen LogP contribution in [-0.2, 0) is 20.7 Å². The number of hydrogen-bond acceptors (Lipinski definition) is 8. The molecule has 1 saturated heterocycles. The monoisotopic (exact) mass is 553 g/mol. The van der Waals surface area contributed by atoms with Crippen LogP contribution in [-0.4, -0.2) is 70.4 Å². The van der Waals surface area contributed by atoms with Gasteiger partial charge < -0.3 is 34.5 Å². The Morgan fingerprint density at radius 3 is 2.33 bits per heavy atom. The topological polar surface area (TPSA) is 115 Å². The van der Waals surface area contributed by atoms with Gasteiger partial charge in [0, 0.05) is 25.6 Å². The van der Waals surface area contributed by atoms with Crippen molar-refractivity contribution in [2.75, 3.05) is 52.9 Å². The Bertz CT molecular complexity index is 1320. The molecule has 40 heavy (non-hydrogen) atoms. The first-order chi connectivity index (χ1) is 19.2. The molecule has 2 amide bonds. The van der Waals surface area contributed by atoms with Gasteiger partial charge in [0.05, 0.1) is 46.3 Å². The van der Waals surface area contributed by atoms with Gasteiger partial charge in [-0.2, -0.15) is 0 Å². The Labute approximate surface area is 234 Å². The predicted molar refractivity (Wildman–Crippen MR) is 152 cm³/mol. The normalized spacial score (nSPS) is 17.2. The van der Waals surface area contributed by atoms with Crippen LogP contribution in [0.25, 0.3) is 11.1 Å². The van der Waals surface area contributed by atoms with E-state index >= 15 is 0 Å². The zero-order valence-electron chi connectivity index (χ0n) is 24.1. The molecule has 4 rings (SSSR count). The number of nitrogens with one attached hydrogen (secondary N) is 2. The molecular formula is C30H39N3O7. The molecule has 0 radical (unpaired) electrons. The van der Waals surface area contributed by atoms with E-state index in [1.807, 2.05) is 26.0 Å². The van der Waals surface area contributed by atoms with Crippen LogP contribution in [0.1, 0.15) is 44.4 Å². The maximum atomic E-state index is 13.7. The largest absolute Gasteiger partial charge is 0.493 e. The average molecular weight is 554 g/mol. The molecule has 10 nitrogen and oxygen atoms in total. The van der Waals surface area contributed by atoms with Gasteiger partial charge in [0.2, 0.25) is 23.0 Å². The van der Waals surface area contributed by atoms with Crippen LogP contribution in [0.5, 0.6) is 17.2 Å². The molecule has 1 fully saturated rings. The molecule has 0 spiro atoms. The van der Waals surface area contributed by atoms with E-state index in [1.54, 1.807) is 38.4 Å². The molecule has 2 atom stereocenters. The first-order valence-electron chi connectivity index (χ1n) is 13.6. The highest BCUT2D eigenvalue weighted by Gasteiger charge is 2.31. The van der Waals surface area contributed by atoms with Gasteiger partial charge in [-0.3, -0.25) is 14.4 Å². The number of ether oxygens (including phenoxy) is 4. The third-order valence-electron chi connectivity index (χ3n) is 7.48. The highest BCUT2D eigenvalue weighted by molar-refractivity contribution is 5.86. The first kappa shape index (κ1) is 29.2. The number of nitrogens with zero attached hydrogens (tertiary/aromatic N) is 1. The minimum atomic E-state index is -0.592. The van der Waals surface area contributed by atoms with Gasteiger partial charge >= 0.3 is 0 Å². The van der Waals surface area contributed by atoms with E-state index in [2.05, 4.69) is 10.6 Å². The van der Waals surface area contributed by atoms with E-state index in [0.717, 1.165) is 16.7 Å². The predicted octanol–water partition coefficient (Wildman–Crippen LogP) is 3.16. The minimum Gasteiger partial charge on any atom is -0.493 e. The second-order valence-corrected chi connectivity index (χ2v) is 10.4. The zero-order chi connectivity index (χ0) is 29.0. The maximum Gasteiger partial charge on any atom is 0.245 e. The summed E-state index contributed by atoms with van der Waals surface area (Å²) < 4.78 is 22.5. The summed E-state index contributed by atoms with van der Waals surface area (Å²) in [5.41, 5.74) is 3.14. The van der Waals surface area contributed by atoms with Crippen LogP contribution in [0.3, 0.4) is 0 Å². The molecular weight excluding hydrogens is 514 g/mol. The zero-order valence-corrected chi connectivity index (χ0v) is 24.1. The summed E-state index contributed by atoms with van der Waals surface area (Å²) in [5, 5.41) is 6.26. The van der Waals surface area contributed by atoms with E-state index in [-0.39, 0.29) is 23.2 Å². The van der Waals surface area contributed by atoms with Crippen molar-refractivity contribution >= 4 is 17.5 Å². The van der Waals surface area contributed by atoms with Crippen LogP contribution in [0.15, 0.2) is 29.1 Å². The van der Waals surface area contributed by atoms with Gasteiger partial charge in [0.1, 0.15) is 6.04 Å². The van der Waals surface area contributed by atoms with E-state index < -0.39 is 12.1 Å². The number of benzene rings is 1. The quantitative estimate of drug-likeness (QED) is 0.512. The number of aryl methyl sites for hydroxylation is 1. The second kappa shape index (κ2) is 12.6. The smallest absolute Gasteiger partial charge is 0.245 e. The first-order valence-corrected chi connectivity index (χ1v) is 13.6. The lowest BCUT2D eigenvalue weighted by molar-refractivity contribution is -0.137. The van der Waals surface area contributed by atoms with Crippen molar-refractivity contribution in [3.63, 3.8) is 0 Å². The molecule has 2 aromatic carbocycles. The van der Waals surface area contributed by atoms with Crippen molar-refractivity contribution in [2.24, 2.45) is 5.92 Å². The molecule has 2 aromatic rings. The van der Waals surface area contributed by atoms with Crippen molar-refractivity contribution in [2.45, 2.75) is 45.7 Å². The fourth-order valence-corrected chi connectivity index (χ4v) is 5.49. The highest BCUT2D eigenvalue weighted by Crippen LogP contribution is 2.50. The Kier molecular flexibility index (Phi) is 9.19. The van der Waals surface area contributed by atoms with Gasteiger partial charge in [-0.15, -0.1) is 0 Å². The van der Waals surface area contributed by atoms with Crippen LogP contribution < -0.4 is 30.3 Å². The molecule has 216 valence electrons. The lowest BCUT2D eigenvalue weighted by Crippen LogP contribution is -2.50. The summed E-state index contributed by atoms with van der Waals surface area (Å²) in [6.07, 6.45) is 1.17. The number of rotatable bonds is 8. The summed E-state index contributed by atoms with van der Waals surface area (Å²) in [5.74, 6) is 1.13. The summed E-state index contributed by atoms with van der Waals surface area (Å²) in [6, 6.07) is 6.02. The standard InChI is InChI=1S/C30H39N3O7/c1-17(2)27(30(36)33-11-13-40-14-12-33)32-23-10-8-20-21(16-24(23)35)22(31-18(3)34)9-7-19-15-25(37-4)28(38-5)29(39-6)26(19)20/h8,10,15-17,22,27H,7,9,11-14H2,1-6H3,(H,31,34)(H,32,35)/t22-,27+/m0/s1. The number of hydrogen-bond donors (Lipinski definition) is 2. The Balaban J connectivity index is 1.88. The van der Waals surface area contributed by atoms with Crippen molar-refractivity contribution in [1.29, 1.82) is 0 Å². The van der Waals surface area contributed by atoms with Crippen LogP contribution >= 0.6 is 0 Å². The molecule has 10 heteroatoms. The molecule has 2 N–H and O–H groups in total. The fraction of sp³-hybridized carbons (Fsp3) is 0.500. The van der Waals surface area contributed by atoms with Gasteiger partial charge in [-0.25, -0.2) is 0 Å². The van der Waals surface area contributed by atoms with Crippen molar-refractivity contribution in [3.05, 3.63) is 45.6 Å². The molecule has 1 aliphatic heterocycles. The third kappa shape index (κ3) is 5.86. The summed E-state index contributed by atoms with van der Waals surface area (Å²) in [6.45, 7) is 7.39. The molecule has 0 bridgehead atoms.